The summed E-state index contributed by atoms with van der Waals surface area (Å²) in [5, 5.41) is 0. The molecule has 0 amide bonds. The number of hydrogen-bond acceptors (Lipinski definition) is 5. The van der Waals surface area contributed by atoms with E-state index in [2.05, 4.69) is 0 Å². The Morgan fingerprint density at radius 2 is 1.50 bits per heavy atom. The molecule has 5 heteroatoms. The zero-order valence-corrected chi connectivity index (χ0v) is 12.7. The van der Waals surface area contributed by atoms with Crippen LogP contribution in [0.15, 0.2) is 18.2 Å². The monoisotopic (exact) mass is 282 g/mol. The first kappa shape index (κ1) is 16.1. The second kappa shape index (κ2) is 7.03. The van der Waals surface area contributed by atoms with Gasteiger partial charge in [-0.1, -0.05) is 0 Å². The molecule has 112 valence electrons. The molecule has 5 nitrogen and oxygen atoms in total. The molecule has 0 atom stereocenters. The van der Waals surface area contributed by atoms with Gasteiger partial charge in [0.2, 0.25) is 0 Å². The molecule has 0 fully saturated rings. The zero-order valence-electron chi connectivity index (χ0n) is 12.7. The fourth-order valence-corrected chi connectivity index (χ4v) is 1.51. The van der Waals surface area contributed by atoms with Crippen molar-refractivity contribution < 1.29 is 23.7 Å². The number of ether oxygens (including phenoxy) is 4. The van der Waals surface area contributed by atoms with Gasteiger partial charge < -0.3 is 18.9 Å². The van der Waals surface area contributed by atoms with E-state index in [1.807, 2.05) is 20.8 Å². The first-order chi connectivity index (χ1) is 9.34. The van der Waals surface area contributed by atoms with E-state index in [-0.39, 0.29) is 19.0 Å². The molecule has 0 aliphatic rings. The highest BCUT2D eigenvalue weighted by molar-refractivity contribution is 5.70. The van der Waals surface area contributed by atoms with Crippen LogP contribution in [0.3, 0.4) is 0 Å². The Hall–Kier alpha value is -1.91. The molecule has 0 N–H and O–H groups in total. The Kier molecular flexibility index (Phi) is 5.67. The van der Waals surface area contributed by atoms with Crippen molar-refractivity contribution >= 4 is 5.97 Å². The van der Waals surface area contributed by atoms with E-state index in [9.17, 15) is 4.79 Å². The molecule has 1 rings (SSSR count). The first-order valence-electron chi connectivity index (χ1n) is 6.42. The van der Waals surface area contributed by atoms with Gasteiger partial charge in [-0.2, -0.15) is 0 Å². The Balaban J connectivity index is 2.51. The van der Waals surface area contributed by atoms with E-state index in [4.69, 9.17) is 18.9 Å². The summed E-state index contributed by atoms with van der Waals surface area (Å²) < 4.78 is 21.0. The van der Waals surface area contributed by atoms with Gasteiger partial charge in [0.1, 0.15) is 22.8 Å². The van der Waals surface area contributed by atoms with Gasteiger partial charge in [-0.15, -0.1) is 0 Å². The van der Waals surface area contributed by atoms with Crippen LogP contribution in [0, 0.1) is 0 Å². The lowest BCUT2D eigenvalue weighted by Crippen LogP contribution is -2.24. The van der Waals surface area contributed by atoms with E-state index < -0.39 is 5.60 Å². The summed E-state index contributed by atoms with van der Waals surface area (Å²) in [6.45, 7) is 5.74. The summed E-state index contributed by atoms with van der Waals surface area (Å²) >= 11 is 0. The van der Waals surface area contributed by atoms with Crippen molar-refractivity contribution in [1.29, 1.82) is 0 Å². The first-order valence-corrected chi connectivity index (χ1v) is 6.42. The molecule has 20 heavy (non-hydrogen) atoms. The highest BCUT2D eigenvalue weighted by atomic mass is 16.6. The number of rotatable bonds is 6. The fraction of sp³-hybridized carbons (Fsp3) is 0.533. The molecule has 0 spiro atoms. The van der Waals surface area contributed by atoms with E-state index in [1.165, 1.54) is 0 Å². The van der Waals surface area contributed by atoms with Gasteiger partial charge in [-0.05, 0) is 20.8 Å². The smallest absolute Gasteiger partial charge is 0.309 e. The molecular formula is C15H22O5. The van der Waals surface area contributed by atoms with Crippen LogP contribution in [0.2, 0.25) is 0 Å². The third-order valence-corrected chi connectivity index (χ3v) is 2.32. The van der Waals surface area contributed by atoms with Crippen LogP contribution in [-0.4, -0.2) is 32.4 Å². The molecular weight excluding hydrogens is 260 g/mol. The lowest BCUT2D eigenvalue weighted by molar-refractivity contribution is -0.155. The molecule has 0 aromatic heterocycles. The average Bonchev–Trinajstić information content (AvgIpc) is 2.36. The molecule has 0 unspecified atom stereocenters. The molecule has 1 aromatic carbocycles. The summed E-state index contributed by atoms with van der Waals surface area (Å²) in [6.07, 6.45) is 0.191. The minimum absolute atomic E-state index is 0.191. The fourth-order valence-electron chi connectivity index (χ4n) is 1.51. The quantitative estimate of drug-likeness (QED) is 0.751. The predicted molar refractivity (Wildman–Crippen MR) is 75.5 cm³/mol. The number of carbonyl (C=O) groups excluding carboxylic acids is 1. The lowest BCUT2D eigenvalue weighted by atomic mass is 10.2. The summed E-state index contributed by atoms with van der Waals surface area (Å²) in [6, 6.07) is 5.22. The van der Waals surface area contributed by atoms with Crippen LogP contribution in [0.4, 0.5) is 0 Å². The number of esters is 1. The summed E-state index contributed by atoms with van der Waals surface area (Å²) in [5.41, 5.74) is -0.476. The van der Waals surface area contributed by atoms with Crippen LogP contribution >= 0.6 is 0 Å². The summed E-state index contributed by atoms with van der Waals surface area (Å²) in [7, 11) is 3.14. The van der Waals surface area contributed by atoms with E-state index in [1.54, 1.807) is 32.4 Å². The van der Waals surface area contributed by atoms with Gasteiger partial charge in [0, 0.05) is 18.2 Å². The summed E-state index contributed by atoms with van der Waals surface area (Å²) in [4.78, 5) is 11.5. The van der Waals surface area contributed by atoms with Crippen LogP contribution in [0.1, 0.15) is 27.2 Å². The maximum absolute atomic E-state index is 11.5. The molecule has 0 saturated carbocycles. The molecule has 0 radical (unpaired) electrons. The molecule has 1 aromatic rings. The zero-order chi connectivity index (χ0) is 15.2. The Morgan fingerprint density at radius 3 is 1.95 bits per heavy atom. The Morgan fingerprint density at radius 1 is 1.00 bits per heavy atom. The largest absolute Gasteiger partial charge is 0.496 e. The predicted octanol–water partition coefficient (Wildman–Crippen LogP) is 2.81. The summed E-state index contributed by atoms with van der Waals surface area (Å²) in [5.74, 6) is 1.57. The van der Waals surface area contributed by atoms with E-state index in [0.29, 0.717) is 17.2 Å². The van der Waals surface area contributed by atoms with E-state index in [0.717, 1.165) is 0 Å². The van der Waals surface area contributed by atoms with Crippen molar-refractivity contribution in [3.05, 3.63) is 18.2 Å². The number of benzene rings is 1. The van der Waals surface area contributed by atoms with Crippen molar-refractivity contribution in [2.45, 2.75) is 32.8 Å². The number of hydrogen-bond donors (Lipinski definition) is 0. The van der Waals surface area contributed by atoms with Crippen LogP contribution in [0.25, 0.3) is 0 Å². The SMILES string of the molecule is COc1cc(OC)cc(OCCC(=O)OC(C)(C)C)c1. The van der Waals surface area contributed by atoms with Crippen molar-refractivity contribution in [2.24, 2.45) is 0 Å². The van der Waals surface area contributed by atoms with Crippen molar-refractivity contribution in [3.63, 3.8) is 0 Å². The lowest BCUT2D eigenvalue weighted by Gasteiger charge is -2.19. The van der Waals surface area contributed by atoms with Crippen molar-refractivity contribution in [2.75, 3.05) is 20.8 Å². The minimum atomic E-state index is -0.476. The van der Waals surface area contributed by atoms with Crippen LogP contribution < -0.4 is 14.2 Å². The Bertz CT molecular complexity index is 426. The standard InChI is InChI=1S/C15H22O5/c1-15(2,3)20-14(16)6-7-19-13-9-11(17-4)8-12(10-13)18-5/h8-10H,6-7H2,1-5H3. The molecule has 0 saturated heterocycles. The second-order valence-electron chi connectivity index (χ2n) is 5.23. The van der Waals surface area contributed by atoms with Gasteiger partial charge >= 0.3 is 5.97 Å². The van der Waals surface area contributed by atoms with Crippen molar-refractivity contribution in [1.82, 2.24) is 0 Å². The third-order valence-electron chi connectivity index (χ3n) is 2.32. The maximum atomic E-state index is 11.5. The minimum Gasteiger partial charge on any atom is -0.496 e. The Labute approximate surface area is 119 Å². The number of methoxy groups -OCH3 is 2. The topological polar surface area (TPSA) is 54.0 Å². The molecule has 0 aliphatic carbocycles. The van der Waals surface area contributed by atoms with Gasteiger partial charge in [0.25, 0.3) is 0 Å². The third kappa shape index (κ3) is 5.82. The second-order valence-corrected chi connectivity index (χ2v) is 5.23. The van der Waals surface area contributed by atoms with Crippen LogP contribution in [0.5, 0.6) is 17.2 Å². The molecule has 0 aliphatic heterocycles. The van der Waals surface area contributed by atoms with Gasteiger partial charge in [0.15, 0.2) is 0 Å². The highest BCUT2D eigenvalue weighted by Gasteiger charge is 2.16. The van der Waals surface area contributed by atoms with Gasteiger partial charge in [-0.25, -0.2) is 0 Å². The molecule has 0 heterocycles. The normalized spacial score (nSPS) is 10.8. The van der Waals surface area contributed by atoms with Crippen molar-refractivity contribution in [3.8, 4) is 17.2 Å². The maximum Gasteiger partial charge on any atom is 0.309 e. The highest BCUT2D eigenvalue weighted by Crippen LogP contribution is 2.27. The van der Waals surface area contributed by atoms with Crippen LogP contribution in [-0.2, 0) is 9.53 Å². The average molecular weight is 282 g/mol. The number of carbonyl (C=O) groups is 1. The molecule has 0 bridgehead atoms. The van der Waals surface area contributed by atoms with Gasteiger partial charge in [-0.3, -0.25) is 4.79 Å². The van der Waals surface area contributed by atoms with Gasteiger partial charge in [0.05, 0.1) is 27.2 Å². The van der Waals surface area contributed by atoms with E-state index >= 15 is 0 Å².